The van der Waals surface area contributed by atoms with Gasteiger partial charge in [0.25, 0.3) is 11.8 Å². The Kier molecular flexibility index (Phi) is 7.05. The molecular formula is C19H19N3O5S. The van der Waals surface area contributed by atoms with Crippen LogP contribution >= 0.6 is 11.3 Å². The Morgan fingerprint density at radius 1 is 1.14 bits per heavy atom. The van der Waals surface area contributed by atoms with Crippen LogP contribution < -0.4 is 16.4 Å². The van der Waals surface area contributed by atoms with Gasteiger partial charge in [0, 0.05) is 6.92 Å². The van der Waals surface area contributed by atoms with E-state index in [1.165, 1.54) is 26.0 Å². The van der Waals surface area contributed by atoms with Crippen LogP contribution in [0.1, 0.15) is 29.8 Å². The Morgan fingerprint density at radius 3 is 2.43 bits per heavy atom. The van der Waals surface area contributed by atoms with E-state index in [0.717, 1.165) is 11.3 Å². The maximum atomic E-state index is 12.4. The minimum absolute atomic E-state index is 0.104. The fraction of sp³-hybridized carbons (Fsp3) is 0.158. The Morgan fingerprint density at radius 2 is 1.82 bits per heavy atom. The normalized spacial score (nSPS) is 12.0. The molecule has 0 bridgehead atoms. The Hall–Kier alpha value is -3.46. The highest BCUT2D eigenvalue weighted by molar-refractivity contribution is 7.14. The molecule has 1 heterocycles. The minimum Gasteiger partial charge on any atom is -0.448 e. The van der Waals surface area contributed by atoms with Gasteiger partial charge in [-0.2, -0.15) is 0 Å². The zero-order chi connectivity index (χ0) is 20.7. The van der Waals surface area contributed by atoms with Gasteiger partial charge in [-0.15, -0.1) is 11.3 Å². The molecule has 28 heavy (non-hydrogen) atoms. The first-order chi connectivity index (χ1) is 13.3. The molecule has 0 saturated heterocycles. The number of carbonyl (C=O) groups excluding carboxylic acids is 4. The molecule has 0 aliphatic carbocycles. The number of nitrogens with two attached hydrogens (primary N) is 1. The number of hydrogen-bond acceptors (Lipinski definition) is 6. The van der Waals surface area contributed by atoms with Crippen LogP contribution in [0.4, 0.5) is 5.00 Å². The molecule has 1 unspecified atom stereocenters. The Bertz CT molecular complexity index is 921. The van der Waals surface area contributed by atoms with Gasteiger partial charge in [0.05, 0.1) is 5.56 Å². The highest BCUT2D eigenvalue weighted by Crippen LogP contribution is 2.23. The van der Waals surface area contributed by atoms with Crippen LogP contribution in [0, 0.1) is 0 Å². The van der Waals surface area contributed by atoms with Crippen LogP contribution in [-0.4, -0.2) is 29.8 Å². The number of hydrogen-bond donors (Lipinski definition) is 3. The van der Waals surface area contributed by atoms with Crippen LogP contribution in [0.5, 0.6) is 0 Å². The zero-order valence-electron chi connectivity index (χ0n) is 15.2. The van der Waals surface area contributed by atoms with Crippen molar-refractivity contribution in [3.05, 3.63) is 58.6 Å². The molecule has 8 nitrogen and oxygen atoms in total. The number of rotatable bonds is 7. The predicted octanol–water partition coefficient (Wildman–Crippen LogP) is 1.89. The van der Waals surface area contributed by atoms with E-state index in [-0.39, 0.29) is 16.3 Å². The number of ether oxygens (including phenoxy) is 1. The SMILES string of the molecule is CC(=O)N/C(=C\c1ccccc1)C(=O)OC(C)C(=O)Nc1sccc1C(N)=O. The summed E-state index contributed by atoms with van der Waals surface area (Å²) in [6, 6.07) is 10.3. The smallest absolute Gasteiger partial charge is 0.355 e. The van der Waals surface area contributed by atoms with Crippen molar-refractivity contribution in [1.29, 1.82) is 0 Å². The lowest BCUT2D eigenvalue weighted by atomic mass is 10.2. The van der Waals surface area contributed by atoms with Crippen LogP contribution in [0.3, 0.4) is 0 Å². The number of nitrogens with one attached hydrogen (secondary N) is 2. The lowest BCUT2D eigenvalue weighted by Crippen LogP contribution is -2.34. The van der Waals surface area contributed by atoms with Crippen LogP contribution in [-0.2, 0) is 19.1 Å². The number of amides is 3. The third-order valence-electron chi connectivity index (χ3n) is 3.46. The number of benzene rings is 1. The summed E-state index contributed by atoms with van der Waals surface area (Å²) in [6.07, 6.45) is 0.266. The molecule has 1 aromatic heterocycles. The highest BCUT2D eigenvalue weighted by atomic mass is 32.1. The second-order valence-corrected chi connectivity index (χ2v) is 6.63. The predicted molar refractivity (Wildman–Crippen MR) is 105 cm³/mol. The molecule has 0 aliphatic heterocycles. The standard InChI is InChI=1S/C19H19N3O5S/c1-11(17(25)22-18-14(16(20)24)8-9-28-18)27-19(26)15(21-12(2)23)10-13-6-4-3-5-7-13/h3-11H,1-2H3,(H2,20,24)(H,21,23)(H,22,25)/b15-10-. The van der Waals surface area contributed by atoms with Crippen molar-refractivity contribution >= 4 is 46.1 Å². The molecular weight excluding hydrogens is 382 g/mol. The average Bonchev–Trinajstić information content (AvgIpc) is 3.10. The summed E-state index contributed by atoms with van der Waals surface area (Å²) in [5, 5.41) is 6.77. The number of thiophene rings is 1. The van der Waals surface area contributed by atoms with Crippen molar-refractivity contribution in [2.75, 3.05) is 5.32 Å². The van der Waals surface area contributed by atoms with E-state index in [0.29, 0.717) is 5.56 Å². The average molecular weight is 401 g/mol. The monoisotopic (exact) mass is 401 g/mol. The molecule has 4 N–H and O–H groups in total. The quantitative estimate of drug-likeness (QED) is 0.482. The Balaban J connectivity index is 2.10. The van der Waals surface area contributed by atoms with Gasteiger partial charge in [-0.25, -0.2) is 4.79 Å². The third-order valence-corrected chi connectivity index (χ3v) is 4.29. The van der Waals surface area contributed by atoms with Crippen molar-refractivity contribution in [1.82, 2.24) is 5.32 Å². The summed E-state index contributed by atoms with van der Waals surface area (Å²) in [6.45, 7) is 2.63. The summed E-state index contributed by atoms with van der Waals surface area (Å²) in [5.74, 6) is -2.65. The second-order valence-electron chi connectivity index (χ2n) is 5.71. The third kappa shape index (κ3) is 5.78. The lowest BCUT2D eigenvalue weighted by Gasteiger charge is -2.15. The van der Waals surface area contributed by atoms with Crippen molar-refractivity contribution in [2.24, 2.45) is 5.73 Å². The number of esters is 1. The zero-order valence-corrected chi connectivity index (χ0v) is 16.0. The van der Waals surface area contributed by atoms with Gasteiger partial charge < -0.3 is 21.1 Å². The van der Waals surface area contributed by atoms with E-state index >= 15 is 0 Å². The summed E-state index contributed by atoms with van der Waals surface area (Å²) < 4.78 is 5.15. The molecule has 0 aliphatic rings. The fourth-order valence-corrected chi connectivity index (χ4v) is 2.94. The molecule has 1 atom stereocenters. The van der Waals surface area contributed by atoms with Crippen molar-refractivity contribution in [3.8, 4) is 0 Å². The molecule has 9 heteroatoms. The molecule has 1 aromatic carbocycles. The molecule has 3 amide bonds. The molecule has 0 radical (unpaired) electrons. The minimum atomic E-state index is -1.18. The first kappa shape index (κ1) is 20.8. The molecule has 0 saturated carbocycles. The van der Waals surface area contributed by atoms with Gasteiger partial charge in [0.15, 0.2) is 6.10 Å². The highest BCUT2D eigenvalue weighted by Gasteiger charge is 2.23. The molecule has 0 fully saturated rings. The maximum Gasteiger partial charge on any atom is 0.355 e. The van der Waals surface area contributed by atoms with E-state index in [2.05, 4.69) is 10.6 Å². The Labute approximate surface area is 165 Å². The van der Waals surface area contributed by atoms with Crippen LogP contribution in [0.2, 0.25) is 0 Å². The number of primary amides is 1. The van der Waals surface area contributed by atoms with Crippen molar-refractivity contribution in [2.45, 2.75) is 20.0 Å². The summed E-state index contributed by atoms with van der Waals surface area (Å²) in [5.41, 5.74) is 5.97. The van der Waals surface area contributed by atoms with Gasteiger partial charge in [-0.05, 0) is 30.0 Å². The first-order valence-electron chi connectivity index (χ1n) is 8.21. The fourth-order valence-electron chi connectivity index (χ4n) is 2.14. The molecule has 146 valence electrons. The van der Waals surface area contributed by atoms with Crippen molar-refractivity contribution < 1.29 is 23.9 Å². The first-order valence-corrected chi connectivity index (χ1v) is 9.09. The van der Waals surface area contributed by atoms with Crippen LogP contribution in [0.15, 0.2) is 47.5 Å². The second kappa shape index (κ2) is 9.47. The lowest BCUT2D eigenvalue weighted by molar-refractivity contribution is -0.149. The molecule has 2 aromatic rings. The van der Waals surface area contributed by atoms with E-state index in [9.17, 15) is 19.2 Å². The number of anilines is 1. The largest absolute Gasteiger partial charge is 0.448 e. The number of carbonyl (C=O) groups is 4. The summed E-state index contributed by atoms with van der Waals surface area (Å²) >= 11 is 1.12. The molecule has 0 spiro atoms. The van der Waals surface area contributed by atoms with E-state index in [4.69, 9.17) is 10.5 Å². The van der Waals surface area contributed by atoms with Gasteiger partial charge in [-0.1, -0.05) is 30.3 Å². The van der Waals surface area contributed by atoms with E-state index in [1.807, 2.05) is 6.07 Å². The maximum absolute atomic E-state index is 12.4. The van der Waals surface area contributed by atoms with Gasteiger partial charge >= 0.3 is 5.97 Å². The summed E-state index contributed by atoms with van der Waals surface area (Å²) in [7, 11) is 0. The van der Waals surface area contributed by atoms with Crippen molar-refractivity contribution in [3.63, 3.8) is 0 Å². The van der Waals surface area contributed by atoms with Crippen LogP contribution in [0.25, 0.3) is 6.08 Å². The molecule has 2 rings (SSSR count). The van der Waals surface area contributed by atoms with E-state index < -0.39 is 29.8 Å². The van der Waals surface area contributed by atoms with Gasteiger partial charge in [0.2, 0.25) is 5.91 Å². The summed E-state index contributed by atoms with van der Waals surface area (Å²) in [4.78, 5) is 47.4. The topological polar surface area (TPSA) is 128 Å². The van der Waals surface area contributed by atoms with Gasteiger partial charge in [-0.3, -0.25) is 14.4 Å². The van der Waals surface area contributed by atoms with Gasteiger partial charge in [0.1, 0.15) is 10.7 Å². The van der Waals surface area contributed by atoms with E-state index in [1.54, 1.807) is 29.6 Å².